The topological polar surface area (TPSA) is 153 Å². The maximum absolute atomic E-state index is 13.8. The molecule has 1 spiro atoms. The van der Waals surface area contributed by atoms with E-state index in [9.17, 15) is 24.9 Å². The Morgan fingerprint density at radius 1 is 1.00 bits per heavy atom. The number of esters is 2. The van der Waals surface area contributed by atoms with Gasteiger partial charge < -0.3 is 43.7 Å². The second-order valence-electron chi connectivity index (χ2n) is 14.4. The summed E-state index contributed by atoms with van der Waals surface area (Å²) in [7, 11) is 6.27. The molecular formula is C34H47NO11. The van der Waals surface area contributed by atoms with Gasteiger partial charge in [0.25, 0.3) is 0 Å². The van der Waals surface area contributed by atoms with Crippen molar-refractivity contribution in [3.8, 4) is 0 Å². The molecule has 15 atom stereocenters. The van der Waals surface area contributed by atoms with Crippen molar-refractivity contribution in [3.63, 3.8) is 0 Å². The molecule has 1 aromatic carbocycles. The number of hydrogen-bond donors (Lipinski definition) is 3. The van der Waals surface area contributed by atoms with E-state index in [-0.39, 0.29) is 25.0 Å². The van der Waals surface area contributed by atoms with Gasteiger partial charge in [0.1, 0.15) is 23.9 Å². The lowest BCUT2D eigenvalue weighted by Gasteiger charge is -2.70. The molecule has 1 saturated heterocycles. The first kappa shape index (κ1) is 32.4. The van der Waals surface area contributed by atoms with Crippen LogP contribution in [0.1, 0.15) is 37.0 Å². The number of fused-ring (bicyclic) bond motifs is 2. The molecular weight excluding hydrogens is 598 g/mol. The summed E-state index contributed by atoms with van der Waals surface area (Å²) in [6.45, 7) is 4.68. The molecule has 1 unspecified atom stereocenters. The first-order chi connectivity index (χ1) is 22.0. The van der Waals surface area contributed by atoms with Crippen LogP contribution in [0.2, 0.25) is 0 Å². The van der Waals surface area contributed by atoms with Gasteiger partial charge in [0, 0.05) is 83.0 Å². The summed E-state index contributed by atoms with van der Waals surface area (Å²) in [6.07, 6.45) is -5.49. The average molecular weight is 646 g/mol. The van der Waals surface area contributed by atoms with Gasteiger partial charge in [-0.15, -0.1) is 0 Å². The van der Waals surface area contributed by atoms with E-state index < -0.39 is 88.3 Å². The number of rotatable bonds is 9. The Morgan fingerprint density at radius 3 is 2.30 bits per heavy atom. The number of carbonyl (C=O) groups excluding carboxylic acids is 2. The number of aliphatic hydroxyl groups excluding tert-OH is 2. The fourth-order valence-electron chi connectivity index (χ4n) is 12.3. The minimum Gasteiger partial charge on any atom is -0.455 e. The van der Waals surface area contributed by atoms with Crippen LogP contribution < -0.4 is 0 Å². The first-order valence-corrected chi connectivity index (χ1v) is 16.3. The van der Waals surface area contributed by atoms with E-state index in [0.717, 1.165) is 0 Å². The van der Waals surface area contributed by atoms with Crippen LogP contribution in [0.5, 0.6) is 0 Å². The van der Waals surface area contributed by atoms with E-state index in [1.807, 2.05) is 6.92 Å². The Balaban J connectivity index is 1.53. The van der Waals surface area contributed by atoms with E-state index in [1.54, 1.807) is 51.7 Å². The van der Waals surface area contributed by atoms with Crippen molar-refractivity contribution in [2.24, 2.45) is 34.5 Å². The maximum atomic E-state index is 13.8. The SMILES string of the molecule is CCN1C[C@]2(COC)[C@H](O)C[C@H](OC)[C@@]34[C@@H]5C[C@]6(O)[C@H](OC(=O)c7ccccc7)[C@@H]5[C@@](OC(C)=O)(C([C@H](OC)[C@H]23)[C@@H]14)[C@@H](O)[C@@H]6OC. The fourth-order valence-corrected chi connectivity index (χ4v) is 12.3. The summed E-state index contributed by atoms with van der Waals surface area (Å²) in [5.41, 5.74) is -4.79. The van der Waals surface area contributed by atoms with Crippen molar-refractivity contribution < 1.29 is 53.3 Å². The fraction of sp³-hybridized carbons (Fsp3) is 0.765. The standard InChI is InChI=1S/C34H47NO11/c1-7-35-15-31(16-41-3)20(37)13-21(42-4)33-19-14-32(40)28(45-30(39)18-11-9-8-10-12-18)22(19)34(46-17(2)36,27(38)29(32)44-6)23(26(33)35)24(43-5)25(31)33/h8-12,19-29,37-38,40H,7,13-16H2,1-6H3/t19-,20-,21+,22-,23?,24+,25-,26-,27+,28-,29+,31+,32+,33+,34-/m1/s1. The van der Waals surface area contributed by atoms with Crippen LogP contribution >= 0.6 is 0 Å². The van der Waals surface area contributed by atoms with E-state index in [2.05, 4.69) is 4.90 Å². The number of piperidine rings is 1. The van der Waals surface area contributed by atoms with Gasteiger partial charge in [-0.3, -0.25) is 9.69 Å². The average Bonchev–Trinajstić information content (AvgIpc) is 3.41. The van der Waals surface area contributed by atoms with E-state index in [4.69, 9.17) is 28.4 Å². The van der Waals surface area contributed by atoms with Crippen molar-refractivity contribution >= 4 is 11.9 Å². The van der Waals surface area contributed by atoms with Crippen molar-refractivity contribution in [2.75, 3.05) is 48.1 Å². The van der Waals surface area contributed by atoms with Crippen molar-refractivity contribution in [3.05, 3.63) is 35.9 Å². The Bertz CT molecular complexity index is 1360. The minimum atomic E-state index is -1.83. The Kier molecular flexibility index (Phi) is 7.69. The molecule has 7 bridgehead atoms. The lowest BCUT2D eigenvalue weighted by Crippen LogP contribution is -2.81. The number of ether oxygens (including phenoxy) is 6. The van der Waals surface area contributed by atoms with Gasteiger partial charge in [-0.1, -0.05) is 25.1 Å². The summed E-state index contributed by atoms with van der Waals surface area (Å²) in [5, 5.41) is 37.3. The van der Waals surface area contributed by atoms with E-state index >= 15 is 0 Å². The molecule has 0 amide bonds. The molecule has 5 aliphatic carbocycles. The van der Waals surface area contributed by atoms with Gasteiger partial charge in [0.2, 0.25) is 0 Å². The second-order valence-corrected chi connectivity index (χ2v) is 14.4. The molecule has 5 saturated carbocycles. The third kappa shape index (κ3) is 3.62. The summed E-state index contributed by atoms with van der Waals surface area (Å²) >= 11 is 0. The zero-order valence-electron chi connectivity index (χ0n) is 27.3. The van der Waals surface area contributed by atoms with Crippen molar-refractivity contribution in [1.29, 1.82) is 0 Å². The second kappa shape index (κ2) is 10.9. The third-order valence-corrected chi connectivity index (χ3v) is 13.2. The molecule has 254 valence electrons. The molecule has 12 nitrogen and oxygen atoms in total. The molecule has 7 rings (SSSR count). The Hall–Kier alpha value is -2.16. The molecule has 3 N–H and O–H groups in total. The van der Waals surface area contributed by atoms with Crippen LogP contribution in [0.3, 0.4) is 0 Å². The number of aliphatic hydroxyl groups is 3. The van der Waals surface area contributed by atoms with Crippen LogP contribution in [0.25, 0.3) is 0 Å². The third-order valence-electron chi connectivity index (χ3n) is 13.2. The quantitative estimate of drug-likeness (QED) is 0.323. The highest BCUT2D eigenvalue weighted by molar-refractivity contribution is 5.89. The summed E-state index contributed by atoms with van der Waals surface area (Å²) in [5.74, 6) is -3.65. The summed E-state index contributed by atoms with van der Waals surface area (Å²) in [4.78, 5) is 29.3. The number of likely N-dealkylation sites (tertiary alicyclic amines) is 1. The van der Waals surface area contributed by atoms with Crippen LogP contribution in [0, 0.1) is 34.5 Å². The number of methoxy groups -OCH3 is 4. The summed E-state index contributed by atoms with van der Waals surface area (Å²) < 4.78 is 37.4. The maximum Gasteiger partial charge on any atom is 0.338 e. The van der Waals surface area contributed by atoms with E-state index in [1.165, 1.54) is 14.0 Å². The van der Waals surface area contributed by atoms with Crippen molar-refractivity contribution in [2.45, 2.75) is 80.6 Å². The molecule has 6 aliphatic rings. The molecule has 0 radical (unpaired) electrons. The molecule has 1 aromatic rings. The predicted molar refractivity (Wildman–Crippen MR) is 160 cm³/mol. The van der Waals surface area contributed by atoms with Gasteiger partial charge in [-0.05, 0) is 31.0 Å². The van der Waals surface area contributed by atoms with Crippen LogP contribution in [0.4, 0.5) is 0 Å². The molecule has 1 heterocycles. The molecule has 6 fully saturated rings. The molecule has 0 aromatic heterocycles. The van der Waals surface area contributed by atoms with E-state index in [0.29, 0.717) is 25.1 Å². The lowest BCUT2D eigenvalue weighted by atomic mass is 9.42. The number of benzene rings is 1. The van der Waals surface area contributed by atoms with Gasteiger partial charge in [-0.2, -0.15) is 0 Å². The normalized spacial score (nSPS) is 49.9. The number of carbonyl (C=O) groups is 2. The lowest BCUT2D eigenvalue weighted by molar-refractivity contribution is -0.322. The zero-order valence-corrected chi connectivity index (χ0v) is 27.3. The summed E-state index contributed by atoms with van der Waals surface area (Å²) in [6, 6.07) is 8.18. The van der Waals surface area contributed by atoms with Gasteiger partial charge in [-0.25, -0.2) is 4.79 Å². The Morgan fingerprint density at radius 2 is 1.72 bits per heavy atom. The number of nitrogens with zero attached hydrogens (tertiary/aromatic N) is 1. The number of hydrogen-bond acceptors (Lipinski definition) is 12. The first-order valence-electron chi connectivity index (χ1n) is 16.3. The van der Waals surface area contributed by atoms with Crippen LogP contribution in [0.15, 0.2) is 30.3 Å². The van der Waals surface area contributed by atoms with Gasteiger partial charge >= 0.3 is 11.9 Å². The highest BCUT2D eigenvalue weighted by Gasteiger charge is 2.92. The van der Waals surface area contributed by atoms with Gasteiger partial charge in [0.05, 0.1) is 30.5 Å². The minimum absolute atomic E-state index is 0.0791. The predicted octanol–water partition coefficient (Wildman–Crippen LogP) is 0.648. The highest BCUT2D eigenvalue weighted by atomic mass is 16.6. The van der Waals surface area contributed by atoms with Gasteiger partial charge in [0.15, 0.2) is 5.60 Å². The largest absolute Gasteiger partial charge is 0.455 e. The molecule has 12 heteroatoms. The monoisotopic (exact) mass is 645 g/mol. The smallest absolute Gasteiger partial charge is 0.338 e. The van der Waals surface area contributed by atoms with Crippen molar-refractivity contribution in [1.82, 2.24) is 4.90 Å². The van der Waals surface area contributed by atoms with Crippen LogP contribution in [-0.4, -0.2) is 134 Å². The Labute approximate surface area is 269 Å². The molecule has 1 aliphatic heterocycles. The van der Waals surface area contributed by atoms with Crippen LogP contribution in [-0.2, 0) is 33.2 Å². The zero-order chi connectivity index (χ0) is 33.0. The highest BCUT2D eigenvalue weighted by Crippen LogP contribution is 2.80. The molecule has 46 heavy (non-hydrogen) atoms.